The number of carbonyl (C=O) groups excluding carboxylic acids is 2. The minimum atomic E-state index is -0.461. The Morgan fingerprint density at radius 2 is 2.22 bits per heavy atom. The zero-order valence-corrected chi connectivity index (χ0v) is 10.8. The van der Waals surface area contributed by atoms with Gasteiger partial charge in [-0.1, -0.05) is 6.07 Å². The molecule has 0 aliphatic rings. The minimum absolute atomic E-state index is 0.147. The van der Waals surface area contributed by atoms with E-state index in [0.717, 1.165) is 12.1 Å². The van der Waals surface area contributed by atoms with E-state index in [0.29, 0.717) is 13.2 Å². The van der Waals surface area contributed by atoms with Crippen molar-refractivity contribution in [3.8, 4) is 0 Å². The molecule has 0 amide bonds. The molecule has 0 fully saturated rings. The number of rotatable bonds is 7. The van der Waals surface area contributed by atoms with Crippen LogP contribution >= 0.6 is 0 Å². The zero-order chi connectivity index (χ0) is 13.4. The van der Waals surface area contributed by atoms with Crippen LogP contribution in [0.5, 0.6) is 0 Å². The molecule has 1 aromatic heterocycles. The lowest BCUT2D eigenvalue weighted by molar-refractivity contribution is -0.146. The molecule has 1 aromatic rings. The molecule has 0 radical (unpaired) electrons. The topological polar surface area (TPSA) is 59.5 Å². The lowest BCUT2D eigenvalue weighted by Crippen LogP contribution is -2.24. The zero-order valence-electron chi connectivity index (χ0n) is 10.8. The van der Waals surface area contributed by atoms with Crippen LogP contribution in [0.2, 0.25) is 0 Å². The highest BCUT2D eigenvalue weighted by atomic mass is 16.5. The Balaban J connectivity index is 2.19. The van der Waals surface area contributed by atoms with Crippen molar-refractivity contribution in [2.75, 3.05) is 20.2 Å². The Hall–Kier alpha value is -1.75. The number of ether oxygens (including phenoxy) is 1. The Kier molecular flexibility index (Phi) is 6.00. The van der Waals surface area contributed by atoms with Gasteiger partial charge in [-0.15, -0.1) is 0 Å². The summed E-state index contributed by atoms with van der Waals surface area (Å²) in [6, 6.07) is 3.88. The van der Waals surface area contributed by atoms with E-state index in [1.54, 1.807) is 12.4 Å². The van der Waals surface area contributed by atoms with Crippen molar-refractivity contribution in [3.05, 3.63) is 30.1 Å². The number of aromatic nitrogens is 1. The SMILES string of the molecule is CC(=O)CC(=O)OCCN(C)Cc1cccnc1. The van der Waals surface area contributed by atoms with Crippen molar-refractivity contribution < 1.29 is 14.3 Å². The molecule has 18 heavy (non-hydrogen) atoms. The number of esters is 1. The molecule has 0 N–H and O–H groups in total. The third kappa shape index (κ3) is 6.10. The first-order chi connectivity index (χ1) is 8.58. The summed E-state index contributed by atoms with van der Waals surface area (Å²) in [5.41, 5.74) is 1.11. The van der Waals surface area contributed by atoms with Gasteiger partial charge in [0.05, 0.1) is 0 Å². The largest absolute Gasteiger partial charge is 0.464 e. The van der Waals surface area contributed by atoms with Crippen molar-refractivity contribution in [1.82, 2.24) is 9.88 Å². The van der Waals surface area contributed by atoms with Gasteiger partial charge >= 0.3 is 5.97 Å². The molecule has 0 bridgehead atoms. The number of Topliss-reactive ketones (excluding diaryl/α,β-unsaturated/α-hetero) is 1. The molecule has 0 spiro atoms. The Morgan fingerprint density at radius 3 is 2.83 bits per heavy atom. The fourth-order valence-electron chi connectivity index (χ4n) is 1.45. The molecular weight excluding hydrogens is 232 g/mol. The average molecular weight is 250 g/mol. The summed E-state index contributed by atoms with van der Waals surface area (Å²) >= 11 is 0. The van der Waals surface area contributed by atoms with Gasteiger partial charge in [-0.25, -0.2) is 0 Å². The molecule has 0 aliphatic heterocycles. The summed E-state index contributed by atoms with van der Waals surface area (Å²) in [7, 11) is 1.94. The van der Waals surface area contributed by atoms with Gasteiger partial charge < -0.3 is 4.74 Å². The van der Waals surface area contributed by atoms with Gasteiger partial charge in [0.15, 0.2) is 0 Å². The summed E-state index contributed by atoms with van der Waals surface area (Å²) in [5.74, 6) is -0.638. The maximum Gasteiger partial charge on any atom is 0.313 e. The van der Waals surface area contributed by atoms with E-state index in [1.807, 2.05) is 24.1 Å². The molecule has 0 unspecified atom stereocenters. The number of nitrogens with zero attached hydrogens (tertiary/aromatic N) is 2. The summed E-state index contributed by atoms with van der Waals surface area (Å²) in [6.45, 7) is 3.04. The highest BCUT2D eigenvalue weighted by Gasteiger charge is 2.07. The van der Waals surface area contributed by atoms with E-state index in [9.17, 15) is 9.59 Å². The van der Waals surface area contributed by atoms with Crippen molar-refractivity contribution in [3.63, 3.8) is 0 Å². The molecule has 98 valence electrons. The summed E-state index contributed by atoms with van der Waals surface area (Å²) in [6.07, 6.45) is 3.39. The first kappa shape index (κ1) is 14.3. The van der Waals surface area contributed by atoms with Crippen molar-refractivity contribution in [1.29, 1.82) is 0 Å². The van der Waals surface area contributed by atoms with Crippen LogP contribution < -0.4 is 0 Å². The first-order valence-corrected chi connectivity index (χ1v) is 5.80. The van der Waals surface area contributed by atoms with Crippen LogP contribution in [0.3, 0.4) is 0 Å². The van der Waals surface area contributed by atoms with Gasteiger partial charge in [-0.3, -0.25) is 19.5 Å². The van der Waals surface area contributed by atoms with Gasteiger partial charge in [0.1, 0.15) is 18.8 Å². The van der Waals surface area contributed by atoms with E-state index in [-0.39, 0.29) is 12.2 Å². The van der Waals surface area contributed by atoms with Gasteiger partial charge in [-0.2, -0.15) is 0 Å². The molecule has 1 rings (SSSR count). The van der Waals surface area contributed by atoms with E-state index in [1.165, 1.54) is 6.92 Å². The third-order valence-corrected chi connectivity index (χ3v) is 2.30. The molecule has 1 heterocycles. The first-order valence-electron chi connectivity index (χ1n) is 5.80. The van der Waals surface area contributed by atoms with Gasteiger partial charge in [0, 0.05) is 25.5 Å². The third-order valence-electron chi connectivity index (χ3n) is 2.30. The number of ketones is 1. The van der Waals surface area contributed by atoms with Gasteiger partial charge in [0.2, 0.25) is 0 Å². The van der Waals surface area contributed by atoms with Crippen LogP contribution in [-0.4, -0.2) is 41.8 Å². The van der Waals surface area contributed by atoms with Crippen LogP contribution in [0.25, 0.3) is 0 Å². The second kappa shape index (κ2) is 7.55. The fraction of sp³-hybridized carbons (Fsp3) is 0.462. The van der Waals surface area contributed by atoms with Crippen molar-refractivity contribution >= 4 is 11.8 Å². The number of likely N-dealkylation sites (N-methyl/N-ethyl adjacent to an activating group) is 1. The smallest absolute Gasteiger partial charge is 0.313 e. The highest BCUT2D eigenvalue weighted by Crippen LogP contribution is 2.00. The molecule has 5 heteroatoms. The lowest BCUT2D eigenvalue weighted by Gasteiger charge is -2.16. The quantitative estimate of drug-likeness (QED) is 0.534. The normalized spacial score (nSPS) is 10.4. The number of pyridine rings is 1. The van der Waals surface area contributed by atoms with Crippen LogP contribution in [0.4, 0.5) is 0 Å². The molecular formula is C13H18N2O3. The molecule has 5 nitrogen and oxygen atoms in total. The van der Waals surface area contributed by atoms with E-state index in [4.69, 9.17) is 4.74 Å². The Labute approximate surface area is 107 Å². The Bertz CT molecular complexity index is 392. The maximum atomic E-state index is 11.1. The molecule has 0 aliphatic carbocycles. The van der Waals surface area contributed by atoms with E-state index >= 15 is 0 Å². The highest BCUT2D eigenvalue weighted by molar-refractivity contribution is 5.94. The predicted octanol–water partition coefficient (Wildman–Crippen LogP) is 1.04. The number of hydrogen-bond donors (Lipinski definition) is 0. The molecule has 0 atom stereocenters. The summed E-state index contributed by atoms with van der Waals surface area (Å²) < 4.78 is 4.94. The molecule has 0 saturated heterocycles. The van der Waals surface area contributed by atoms with Gasteiger partial charge in [0.25, 0.3) is 0 Å². The second-order valence-electron chi connectivity index (χ2n) is 4.20. The van der Waals surface area contributed by atoms with Crippen LogP contribution in [0.15, 0.2) is 24.5 Å². The monoisotopic (exact) mass is 250 g/mol. The van der Waals surface area contributed by atoms with E-state index < -0.39 is 5.97 Å². The van der Waals surface area contributed by atoms with E-state index in [2.05, 4.69) is 4.98 Å². The minimum Gasteiger partial charge on any atom is -0.464 e. The Morgan fingerprint density at radius 1 is 1.44 bits per heavy atom. The van der Waals surface area contributed by atoms with Crippen LogP contribution in [-0.2, 0) is 20.9 Å². The van der Waals surface area contributed by atoms with Crippen LogP contribution in [0, 0.1) is 0 Å². The predicted molar refractivity (Wildman–Crippen MR) is 66.8 cm³/mol. The van der Waals surface area contributed by atoms with Crippen molar-refractivity contribution in [2.45, 2.75) is 19.9 Å². The fourth-order valence-corrected chi connectivity index (χ4v) is 1.45. The van der Waals surface area contributed by atoms with Crippen LogP contribution in [0.1, 0.15) is 18.9 Å². The lowest BCUT2D eigenvalue weighted by atomic mass is 10.3. The average Bonchev–Trinajstić information content (AvgIpc) is 2.29. The second-order valence-corrected chi connectivity index (χ2v) is 4.20. The molecule has 0 aromatic carbocycles. The molecule has 0 saturated carbocycles. The standard InChI is InChI=1S/C13H18N2O3/c1-11(16)8-13(17)18-7-6-15(2)10-12-4-3-5-14-9-12/h3-5,9H,6-8,10H2,1-2H3. The van der Waals surface area contributed by atoms with Gasteiger partial charge in [-0.05, 0) is 25.6 Å². The summed E-state index contributed by atoms with van der Waals surface area (Å²) in [5, 5.41) is 0. The number of hydrogen-bond acceptors (Lipinski definition) is 5. The summed E-state index contributed by atoms with van der Waals surface area (Å²) in [4.78, 5) is 27.9. The van der Waals surface area contributed by atoms with Crippen molar-refractivity contribution in [2.24, 2.45) is 0 Å². The number of carbonyl (C=O) groups is 2. The maximum absolute atomic E-state index is 11.1.